The molecular weight excluding hydrogens is 322 g/mol. The number of imidazole rings is 1. The number of aryl methyl sites for hydroxylation is 1. The molecule has 1 aromatic carbocycles. The van der Waals surface area contributed by atoms with Gasteiger partial charge in [-0.25, -0.2) is 9.78 Å². The zero-order valence-corrected chi connectivity index (χ0v) is 15.1. The van der Waals surface area contributed by atoms with Gasteiger partial charge < -0.3 is 14.6 Å². The smallest absolute Gasteiger partial charge is 0.407 e. The van der Waals surface area contributed by atoms with Crippen LogP contribution in [0.1, 0.15) is 25.6 Å². The second-order valence-corrected chi connectivity index (χ2v) is 7.77. The molecule has 0 spiro atoms. The highest BCUT2D eigenvalue weighted by molar-refractivity contribution is 7.15. The number of hydrogen-bond acceptors (Lipinski definition) is 4. The zero-order valence-electron chi connectivity index (χ0n) is 14.3. The molecule has 2 heterocycles. The minimum absolute atomic E-state index is 0.403. The van der Waals surface area contributed by atoms with E-state index in [0.717, 1.165) is 26.6 Å². The van der Waals surface area contributed by atoms with E-state index in [-0.39, 0.29) is 0 Å². The van der Waals surface area contributed by atoms with Gasteiger partial charge in [-0.2, -0.15) is 0 Å². The van der Waals surface area contributed by atoms with Crippen molar-refractivity contribution in [3.8, 4) is 10.7 Å². The van der Waals surface area contributed by atoms with Crippen molar-refractivity contribution in [3.05, 3.63) is 41.3 Å². The van der Waals surface area contributed by atoms with Crippen molar-refractivity contribution in [2.75, 3.05) is 0 Å². The van der Waals surface area contributed by atoms with Gasteiger partial charge in [0.15, 0.2) is 5.82 Å². The molecule has 1 amide bonds. The number of amides is 1. The van der Waals surface area contributed by atoms with Crippen LogP contribution in [0.25, 0.3) is 21.7 Å². The highest BCUT2D eigenvalue weighted by atomic mass is 32.1. The number of nitrogens with one attached hydrogen (secondary N) is 1. The molecule has 3 aromatic rings. The van der Waals surface area contributed by atoms with E-state index in [2.05, 4.69) is 16.0 Å². The molecule has 0 atom stereocenters. The third-order valence-electron chi connectivity index (χ3n) is 3.48. The van der Waals surface area contributed by atoms with Crippen molar-refractivity contribution in [1.29, 1.82) is 0 Å². The predicted molar refractivity (Wildman–Crippen MR) is 97.1 cm³/mol. The van der Waals surface area contributed by atoms with E-state index < -0.39 is 11.7 Å². The lowest BCUT2D eigenvalue weighted by Gasteiger charge is -2.19. The van der Waals surface area contributed by atoms with Gasteiger partial charge in [-0.15, -0.1) is 11.3 Å². The number of carbonyl (C=O) groups excluding carboxylic acids is 1. The Labute approximate surface area is 145 Å². The summed E-state index contributed by atoms with van der Waals surface area (Å²) in [6, 6.07) is 12.1. The highest BCUT2D eigenvalue weighted by Gasteiger charge is 2.16. The number of aromatic nitrogens is 2. The molecular formula is C18H21N3O2S. The number of hydrogen-bond donors (Lipinski definition) is 1. The lowest BCUT2D eigenvalue weighted by Crippen LogP contribution is -2.31. The van der Waals surface area contributed by atoms with Crippen LogP contribution >= 0.6 is 11.3 Å². The van der Waals surface area contributed by atoms with Gasteiger partial charge in [0.1, 0.15) is 5.60 Å². The lowest BCUT2D eigenvalue weighted by atomic mass is 10.2. The topological polar surface area (TPSA) is 56.2 Å². The summed E-state index contributed by atoms with van der Waals surface area (Å²) in [6.45, 7) is 5.99. The first-order valence-corrected chi connectivity index (χ1v) is 8.62. The standard InChI is InChI=1S/C18H21N3O2S/c1-18(2,3)23-17(22)19-11-12-9-10-15(24-12)16-20-13-7-5-6-8-14(13)21(16)4/h5-10H,11H2,1-4H3,(H,19,22). The molecule has 0 saturated heterocycles. The Morgan fingerprint density at radius 1 is 1.25 bits per heavy atom. The second-order valence-electron chi connectivity index (χ2n) is 6.60. The summed E-state index contributed by atoms with van der Waals surface area (Å²) in [6.07, 6.45) is -0.403. The largest absolute Gasteiger partial charge is 0.444 e. The summed E-state index contributed by atoms with van der Waals surface area (Å²) >= 11 is 1.62. The van der Waals surface area contributed by atoms with Crippen LogP contribution in [-0.4, -0.2) is 21.2 Å². The summed E-state index contributed by atoms with van der Waals surface area (Å²) < 4.78 is 7.34. The number of para-hydroxylation sites is 2. The Bertz CT molecular complexity index is 874. The first kappa shape index (κ1) is 16.5. The van der Waals surface area contributed by atoms with Crippen LogP contribution in [0.15, 0.2) is 36.4 Å². The number of carbonyl (C=O) groups is 1. The lowest BCUT2D eigenvalue weighted by molar-refractivity contribution is 0.0524. The Morgan fingerprint density at radius 2 is 2.00 bits per heavy atom. The van der Waals surface area contributed by atoms with Crippen LogP contribution < -0.4 is 5.32 Å². The molecule has 0 bridgehead atoms. The third kappa shape index (κ3) is 3.59. The van der Waals surface area contributed by atoms with E-state index in [1.54, 1.807) is 11.3 Å². The Kier molecular flexibility index (Phi) is 4.32. The Balaban J connectivity index is 1.73. The van der Waals surface area contributed by atoms with Gasteiger partial charge >= 0.3 is 6.09 Å². The van der Waals surface area contributed by atoms with E-state index in [1.807, 2.05) is 58.2 Å². The molecule has 6 heteroatoms. The van der Waals surface area contributed by atoms with Gasteiger partial charge in [0.05, 0.1) is 22.5 Å². The fourth-order valence-corrected chi connectivity index (χ4v) is 3.41. The maximum absolute atomic E-state index is 11.7. The molecule has 3 rings (SSSR count). The van der Waals surface area contributed by atoms with Crippen LogP contribution in [0.5, 0.6) is 0 Å². The first-order valence-electron chi connectivity index (χ1n) is 7.81. The van der Waals surface area contributed by atoms with Gasteiger partial charge in [-0.05, 0) is 45.0 Å². The fraction of sp³-hybridized carbons (Fsp3) is 0.333. The van der Waals surface area contributed by atoms with Crippen LogP contribution in [0, 0.1) is 0 Å². The van der Waals surface area contributed by atoms with Crippen molar-refractivity contribution < 1.29 is 9.53 Å². The average molecular weight is 343 g/mol. The maximum atomic E-state index is 11.7. The molecule has 0 saturated carbocycles. The molecule has 0 radical (unpaired) electrons. The SMILES string of the molecule is Cn1c(-c2ccc(CNC(=O)OC(C)(C)C)s2)nc2ccccc21. The number of rotatable bonds is 3. The Morgan fingerprint density at radius 3 is 2.71 bits per heavy atom. The summed E-state index contributed by atoms with van der Waals surface area (Å²) in [5.41, 5.74) is 1.60. The summed E-state index contributed by atoms with van der Waals surface area (Å²) in [5.74, 6) is 0.935. The van der Waals surface area contributed by atoms with Crippen LogP contribution in [0.3, 0.4) is 0 Å². The van der Waals surface area contributed by atoms with Gasteiger partial charge in [-0.3, -0.25) is 0 Å². The second kappa shape index (κ2) is 6.28. The molecule has 0 aliphatic rings. The van der Waals surface area contributed by atoms with Crippen molar-refractivity contribution >= 4 is 28.5 Å². The normalized spacial score (nSPS) is 11.7. The predicted octanol–water partition coefficient (Wildman–Crippen LogP) is 4.33. The number of nitrogens with zero attached hydrogens (tertiary/aromatic N) is 2. The van der Waals surface area contributed by atoms with Crippen molar-refractivity contribution in [1.82, 2.24) is 14.9 Å². The van der Waals surface area contributed by atoms with Gasteiger partial charge in [0.2, 0.25) is 0 Å². The van der Waals surface area contributed by atoms with Crippen LogP contribution in [0.4, 0.5) is 4.79 Å². The molecule has 126 valence electrons. The molecule has 0 aliphatic heterocycles. The minimum Gasteiger partial charge on any atom is -0.444 e. The van der Waals surface area contributed by atoms with Crippen molar-refractivity contribution in [3.63, 3.8) is 0 Å². The third-order valence-corrected chi connectivity index (χ3v) is 4.56. The molecule has 0 aliphatic carbocycles. The number of alkyl carbamates (subject to hydrolysis) is 1. The van der Waals surface area contributed by atoms with Gasteiger partial charge in [0, 0.05) is 11.9 Å². The van der Waals surface area contributed by atoms with Crippen LogP contribution in [-0.2, 0) is 18.3 Å². The molecule has 1 N–H and O–H groups in total. The van der Waals surface area contributed by atoms with E-state index in [9.17, 15) is 4.79 Å². The minimum atomic E-state index is -0.488. The molecule has 2 aromatic heterocycles. The van der Waals surface area contributed by atoms with Gasteiger partial charge in [-0.1, -0.05) is 12.1 Å². The zero-order chi connectivity index (χ0) is 17.3. The van der Waals surface area contributed by atoms with E-state index in [1.165, 1.54) is 0 Å². The summed E-state index contributed by atoms with van der Waals surface area (Å²) in [5, 5.41) is 2.78. The number of thiophene rings is 1. The summed E-state index contributed by atoms with van der Waals surface area (Å²) in [7, 11) is 2.02. The number of fused-ring (bicyclic) bond motifs is 1. The van der Waals surface area contributed by atoms with E-state index in [0.29, 0.717) is 6.54 Å². The average Bonchev–Trinajstić information content (AvgIpc) is 3.09. The monoisotopic (exact) mass is 343 g/mol. The summed E-state index contributed by atoms with van der Waals surface area (Å²) in [4.78, 5) is 18.6. The Hall–Kier alpha value is -2.34. The first-order chi connectivity index (χ1) is 11.3. The van der Waals surface area contributed by atoms with Gasteiger partial charge in [0.25, 0.3) is 0 Å². The maximum Gasteiger partial charge on any atom is 0.407 e. The molecule has 0 unspecified atom stereocenters. The number of ether oxygens (including phenoxy) is 1. The number of benzene rings is 1. The highest BCUT2D eigenvalue weighted by Crippen LogP contribution is 2.29. The quantitative estimate of drug-likeness (QED) is 0.770. The van der Waals surface area contributed by atoms with E-state index >= 15 is 0 Å². The van der Waals surface area contributed by atoms with E-state index in [4.69, 9.17) is 9.72 Å². The van der Waals surface area contributed by atoms with Crippen LogP contribution in [0.2, 0.25) is 0 Å². The molecule has 24 heavy (non-hydrogen) atoms. The van der Waals surface area contributed by atoms with Crippen molar-refractivity contribution in [2.45, 2.75) is 32.9 Å². The fourth-order valence-electron chi connectivity index (χ4n) is 2.43. The molecule has 0 fully saturated rings. The van der Waals surface area contributed by atoms with Crippen molar-refractivity contribution in [2.24, 2.45) is 7.05 Å². The molecule has 5 nitrogen and oxygen atoms in total.